The minimum atomic E-state index is -3.64. The van der Waals surface area contributed by atoms with Crippen LogP contribution in [0.3, 0.4) is 0 Å². The smallest absolute Gasteiger partial charge is 0.255 e. The number of hydrogen-bond acceptors (Lipinski definition) is 4. The van der Waals surface area contributed by atoms with Gasteiger partial charge in [-0.1, -0.05) is 6.07 Å². The first-order valence-corrected chi connectivity index (χ1v) is 11.5. The van der Waals surface area contributed by atoms with Gasteiger partial charge in [-0.05, 0) is 82.0 Å². The summed E-state index contributed by atoms with van der Waals surface area (Å²) < 4.78 is 27.6. The number of rotatable bonds is 6. The highest BCUT2D eigenvalue weighted by molar-refractivity contribution is 7.89. The number of aryl methyl sites for hydroxylation is 1. The molecule has 0 aliphatic carbocycles. The predicted octanol–water partition coefficient (Wildman–Crippen LogP) is 3.92. The molecule has 0 atom stereocenters. The van der Waals surface area contributed by atoms with E-state index < -0.39 is 10.0 Å². The van der Waals surface area contributed by atoms with E-state index in [4.69, 9.17) is 0 Å². The summed E-state index contributed by atoms with van der Waals surface area (Å²) in [6, 6.07) is 12.3. The van der Waals surface area contributed by atoms with Crippen LogP contribution in [0.15, 0.2) is 47.4 Å². The average Bonchev–Trinajstić information content (AvgIpc) is 2.69. The van der Waals surface area contributed by atoms with E-state index in [0.717, 1.165) is 18.8 Å². The Kier molecular flexibility index (Phi) is 6.59. The topological polar surface area (TPSA) is 78.5 Å². The van der Waals surface area contributed by atoms with Crippen molar-refractivity contribution in [1.82, 2.24) is 4.72 Å². The number of nitrogens with zero attached hydrogens (tertiary/aromatic N) is 1. The van der Waals surface area contributed by atoms with Crippen LogP contribution in [0.1, 0.15) is 49.0 Å². The Balaban J connectivity index is 1.74. The number of benzene rings is 2. The van der Waals surface area contributed by atoms with E-state index in [9.17, 15) is 13.2 Å². The number of piperidine rings is 1. The standard InChI is InChI=1S/C22H29N3O3S/c1-16(2)24-29(27,28)21-15-19(10-7-17(21)3)23-22(26)18-8-11-20(12-9-18)25-13-5-4-6-14-25/h7-12,15-16,24H,4-6,13-14H2,1-3H3,(H,23,26). The highest BCUT2D eigenvalue weighted by Crippen LogP contribution is 2.23. The zero-order valence-corrected chi connectivity index (χ0v) is 18.1. The van der Waals surface area contributed by atoms with Gasteiger partial charge >= 0.3 is 0 Å². The number of sulfonamides is 1. The molecular weight excluding hydrogens is 386 g/mol. The maximum atomic E-state index is 12.6. The van der Waals surface area contributed by atoms with Crippen molar-refractivity contribution in [3.8, 4) is 0 Å². The van der Waals surface area contributed by atoms with Crippen LogP contribution in [0.4, 0.5) is 11.4 Å². The van der Waals surface area contributed by atoms with Crippen LogP contribution in [0, 0.1) is 6.92 Å². The van der Waals surface area contributed by atoms with Crippen molar-refractivity contribution < 1.29 is 13.2 Å². The monoisotopic (exact) mass is 415 g/mol. The van der Waals surface area contributed by atoms with Crippen molar-refractivity contribution >= 4 is 27.3 Å². The average molecular weight is 416 g/mol. The minimum Gasteiger partial charge on any atom is -0.372 e. The van der Waals surface area contributed by atoms with Crippen LogP contribution in [-0.4, -0.2) is 33.5 Å². The van der Waals surface area contributed by atoms with Crippen molar-refractivity contribution in [1.29, 1.82) is 0 Å². The number of anilines is 2. The molecule has 3 rings (SSSR count). The molecule has 1 heterocycles. The van der Waals surface area contributed by atoms with Gasteiger partial charge in [-0.2, -0.15) is 0 Å². The van der Waals surface area contributed by atoms with Gasteiger partial charge in [0, 0.05) is 36.1 Å². The molecule has 0 unspecified atom stereocenters. The van der Waals surface area contributed by atoms with Gasteiger partial charge in [-0.3, -0.25) is 4.79 Å². The molecule has 1 amide bonds. The van der Waals surface area contributed by atoms with Crippen molar-refractivity contribution in [2.24, 2.45) is 0 Å². The molecule has 2 aromatic rings. The van der Waals surface area contributed by atoms with Crippen molar-refractivity contribution in [2.75, 3.05) is 23.3 Å². The number of hydrogen-bond donors (Lipinski definition) is 2. The van der Waals surface area contributed by atoms with Gasteiger partial charge in [-0.15, -0.1) is 0 Å². The molecule has 2 aromatic carbocycles. The summed E-state index contributed by atoms with van der Waals surface area (Å²) >= 11 is 0. The first kappa shape index (κ1) is 21.3. The van der Waals surface area contributed by atoms with E-state index in [-0.39, 0.29) is 16.8 Å². The quantitative estimate of drug-likeness (QED) is 0.749. The molecule has 0 spiro atoms. The molecule has 0 aromatic heterocycles. The Morgan fingerprint density at radius 1 is 1.00 bits per heavy atom. The van der Waals surface area contributed by atoms with Crippen LogP contribution in [0.5, 0.6) is 0 Å². The molecule has 7 heteroatoms. The fraction of sp³-hybridized carbons (Fsp3) is 0.409. The zero-order chi connectivity index (χ0) is 21.0. The molecule has 0 saturated carbocycles. The lowest BCUT2D eigenvalue weighted by Gasteiger charge is -2.28. The van der Waals surface area contributed by atoms with Gasteiger partial charge in [-0.25, -0.2) is 13.1 Å². The van der Waals surface area contributed by atoms with E-state index in [2.05, 4.69) is 14.9 Å². The molecule has 0 bridgehead atoms. The van der Waals surface area contributed by atoms with Gasteiger partial charge in [0.15, 0.2) is 0 Å². The maximum absolute atomic E-state index is 12.6. The normalized spacial score (nSPS) is 14.8. The van der Waals surface area contributed by atoms with Gasteiger partial charge in [0.1, 0.15) is 0 Å². The highest BCUT2D eigenvalue weighted by atomic mass is 32.2. The Hall–Kier alpha value is -2.38. The number of nitrogens with one attached hydrogen (secondary N) is 2. The van der Waals surface area contributed by atoms with Crippen molar-refractivity contribution in [3.63, 3.8) is 0 Å². The second kappa shape index (κ2) is 8.97. The molecule has 29 heavy (non-hydrogen) atoms. The molecule has 1 saturated heterocycles. The first-order valence-electron chi connectivity index (χ1n) is 10.1. The van der Waals surface area contributed by atoms with E-state index in [1.165, 1.54) is 25.3 Å². The first-order chi connectivity index (χ1) is 13.8. The van der Waals surface area contributed by atoms with Crippen LogP contribution >= 0.6 is 0 Å². The summed E-state index contributed by atoms with van der Waals surface area (Å²) in [7, 11) is -3.64. The number of carbonyl (C=O) groups is 1. The summed E-state index contributed by atoms with van der Waals surface area (Å²) in [5, 5.41) is 2.81. The largest absolute Gasteiger partial charge is 0.372 e. The molecule has 6 nitrogen and oxygen atoms in total. The van der Waals surface area contributed by atoms with Crippen LogP contribution in [0.2, 0.25) is 0 Å². The predicted molar refractivity (Wildman–Crippen MR) is 117 cm³/mol. The third-order valence-corrected chi connectivity index (χ3v) is 6.78. The Morgan fingerprint density at radius 2 is 1.66 bits per heavy atom. The van der Waals surface area contributed by atoms with Gasteiger partial charge in [0.05, 0.1) is 4.90 Å². The summed E-state index contributed by atoms with van der Waals surface area (Å²) in [5.41, 5.74) is 2.74. The van der Waals surface area contributed by atoms with Gasteiger partial charge in [0.2, 0.25) is 10.0 Å². The van der Waals surface area contributed by atoms with E-state index in [0.29, 0.717) is 16.8 Å². The Bertz CT molecular complexity index is 963. The summed E-state index contributed by atoms with van der Waals surface area (Å²) in [4.78, 5) is 15.1. The second-order valence-electron chi connectivity index (χ2n) is 7.80. The molecule has 1 aliphatic heterocycles. The summed E-state index contributed by atoms with van der Waals surface area (Å²) in [6.45, 7) is 7.38. The Morgan fingerprint density at radius 3 is 2.28 bits per heavy atom. The number of carbonyl (C=O) groups excluding carboxylic acids is 1. The van der Waals surface area contributed by atoms with Crippen molar-refractivity contribution in [3.05, 3.63) is 53.6 Å². The fourth-order valence-electron chi connectivity index (χ4n) is 3.52. The second-order valence-corrected chi connectivity index (χ2v) is 9.49. The van der Waals surface area contributed by atoms with Gasteiger partial charge < -0.3 is 10.2 Å². The third-order valence-electron chi connectivity index (χ3n) is 4.98. The zero-order valence-electron chi connectivity index (χ0n) is 17.2. The van der Waals surface area contributed by atoms with E-state index in [1.54, 1.807) is 32.9 Å². The minimum absolute atomic E-state index is 0.171. The molecule has 0 radical (unpaired) electrons. The van der Waals surface area contributed by atoms with Crippen molar-refractivity contribution in [2.45, 2.75) is 51.0 Å². The van der Waals surface area contributed by atoms with E-state index in [1.807, 2.05) is 24.3 Å². The number of amides is 1. The summed E-state index contributed by atoms with van der Waals surface area (Å²) in [6.07, 6.45) is 3.68. The Labute approximate surface area is 173 Å². The molecule has 2 N–H and O–H groups in total. The van der Waals surface area contributed by atoms with E-state index >= 15 is 0 Å². The summed E-state index contributed by atoms with van der Waals surface area (Å²) in [5.74, 6) is -0.265. The van der Waals surface area contributed by atoms with Crippen LogP contribution in [0.25, 0.3) is 0 Å². The van der Waals surface area contributed by atoms with Crippen LogP contribution in [-0.2, 0) is 10.0 Å². The fourth-order valence-corrected chi connectivity index (χ4v) is 5.04. The highest BCUT2D eigenvalue weighted by Gasteiger charge is 2.19. The molecule has 156 valence electrons. The SMILES string of the molecule is Cc1ccc(NC(=O)c2ccc(N3CCCCC3)cc2)cc1S(=O)(=O)NC(C)C. The molecule has 1 aliphatic rings. The lowest BCUT2D eigenvalue weighted by atomic mass is 10.1. The lowest BCUT2D eigenvalue weighted by molar-refractivity contribution is 0.102. The van der Waals surface area contributed by atoms with Crippen LogP contribution < -0.4 is 14.9 Å². The maximum Gasteiger partial charge on any atom is 0.255 e. The molecular formula is C22H29N3O3S. The molecule has 1 fully saturated rings. The lowest BCUT2D eigenvalue weighted by Crippen LogP contribution is -2.30. The third kappa shape index (κ3) is 5.36. The van der Waals surface area contributed by atoms with Gasteiger partial charge in [0.25, 0.3) is 5.91 Å².